The molecule has 0 spiro atoms. The Bertz CT molecular complexity index is 428. The Morgan fingerprint density at radius 2 is 1.83 bits per heavy atom. The molecular weight excluding hydrogens is 234 g/mol. The summed E-state index contributed by atoms with van der Waals surface area (Å²) in [6, 6.07) is 0. The van der Waals surface area contributed by atoms with Crippen LogP contribution in [0.1, 0.15) is 20.8 Å². The Hall–Kier alpha value is -1.65. The zero-order valence-corrected chi connectivity index (χ0v) is 10.9. The largest absolute Gasteiger partial charge is 0.463 e. The summed E-state index contributed by atoms with van der Waals surface area (Å²) in [5.41, 5.74) is -0.0895. The minimum atomic E-state index is -0.557. The fourth-order valence-electron chi connectivity index (χ4n) is 2.65. The van der Waals surface area contributed by atoms with Crippen molar-refractivity contribution in [3.8, 4) is 0 Å². The van der Waals surface area contributed by atoms with E-state index in [1.54, 1.807) is 6.92 Å². The van der Waals surface area contributed by atoms with Gasteiger partial charge in [0.1, 0.15) is 0 Å². The summed E-state index contributed by atoms with van der Waals surface area (Å²) in [6.07, 6.45) is 0. The third-order valence-corrected chi connectivity index (χ3v) is 3.80. The predicted molar refractivity (Wildman–Crippen MR) is 63.3 cm³/mol. The van der Waals surface area contributed by atoms with E-state index in [1.807, 2.05) is 13.8 Å². The third-order valence-electron chi connectivity index (χ3n) is 3.80. The van der Waals surface area contributed by atoms with Gasteiger partial charge >= 0.3 is 5.97 Å². The van der Waals surface area contributed by atoms with Crippen LogP contribution in [0.25, 0.3) is 0 Å². The van der Waals surface area contributed by atoms with E-state index in [9.17, 15) is 14.4 Å². The number of piperidine rings is 1. The molecule has 1 heterocycles. The highest BCUT2D eigenvalue weighted by Crippen LogP contribution is 2.63. The van der Waals surface area contributed by atoms with Gasteiger partial charge in [-0.1, -0.05) is 20.4 Å². The Morgan fingerprint density at radius 1 is 1.33 bits per heavy atom. The van der Waals surface area contributed by atoms with Crippen LogP contribution in [-0.2, 0) is 19.1 Å². The first-order valence-electron chi connectivity index (χ1n) is 6.02. The molecule has 2 unspecified atom stereocenters. The second-order valence-electron chi connectivity index (χ2n) is 5.36. The zero-order chi connectivity index (χ0) is 13.7. The van der Waals surface area contributed by atoms with Gasteiger partial charge in [0.15, 0.2) is 0 Å². The lowest BCUT2D eigenvalue weighted by Crippen LogP contribution is -2.38. The molecule has 1 aliphatic carbocycles. The van der Waals surface area contributed by atoms with Crippen LogP contribution in [0.3, 0.4) is 0 Å². The summed E-state index contributed by atoms with van der Waals surface area (Å²) in [5, 5.41) is 0. The average Bonchev–Trinajstić information content (AvgIpc) is 2.76. The number of hydrogen-bond acceptors (Lipinski definition) is 4. The van der Waals surface area contributed by atoms with Crippen molar-refractivity contribution in [3.05, 3.63) is 12.2 Å². The van der Waals surface area contributed by atoms with E-state index < -0.39 is 5.97 Å². The fourth-order valence-corrected chi connectivity index (χ4v) is 2.65. The smallest absolute Gasteiger partial charge is 0.335 e. The van der Waals surface area contributed by atoms with Gasteiger partial charge in [-0.2, -0.15) is 0 Å². The van der Waals surface area contributed by atoms with Crippen LogP contribution >= 0.6 is 0 Å². The number of nitrogens with zero attached hydrogens (tertiary/aromatic N) is 1. The van der Waals surface area contributed by atoms with E-state index in [1.165, 1.54) is 0 Å². The molecule has 2 rings (SSSR count). The molecule has 2 aliphatic rings. The van der Waals surface area contributed by atoms with Crippen LogP contribution in [0.2, 0.25) is 0 Å². The Labute approximate surface area is 106 Å². The van der Waals surface area contributed by atoms with E-state index in [-0.39, 0.29) is 47.8 Å². The lowest BCUT2D eigenvalue weighted by Gasteiger charge is -2.20. The molecule has 0 aromatic carbocycles. The molecule has 0 aromatic rings. The van der Waals surface area contributed by atoms with Gasteiger partial charge in [0.2, 0.25) is 11.8 Å². The maximum Gasteiger partial charge on any atom is 0.335 e. The average molecular weight is 251 g/mol. The van der Waals surface area contributed by atoms with Gasteiger partial charge in [0, 0.05) is 5.57 Å². The summed E-state index contributed by atoms with van der Waals surface area (Å²) in [4.78, 5) is 36.5. The highest BCUT2D eigenvalue weighted by molar-refractivity contribution is 6.11. The molecule has 98 valence electrons. The number of rotatable bonds is 4. The predicted octanol–water partition coefficient (Wildman–Crippen LogP) is 0.747. The first-order valence-corrected chi connectivity index (χ1v) is 6.02. The highest BCUT2D eigenvalue weighted by Gasteiger charge is 2.72. The molecule has 1 saturated heterocycles. The summed E-state index contributed by atoms with van der Waals surface area (Å²) in [7, 11) is 0. The molecule has 1 aliphatic heterocycles. The number of likely N-dealkylation sites (tertiary alicyclic amines) is 1. The summed E-state index contributed by atoms with van der Waals surface area (Å²) in [6.45, 7) is 9.27. The van der Waals surface area contributed by atoms with E-state index in [0.717, 1.165) is 4.90 Å². The minimum absolute atomic E-state index is 0.0560. The molecule has 5 nitrogen and oxygen atoms in total. The van der Waals surface area contributed by atoms with Gasteiger partial charge in [-0.3, -0.25) is 14.5 Å². The molecule has 0 aromatic heterocycles. The normalized spacial score (nSPS) is 28.1. The number of carbonyl (C=O) groups excluding carboxylic acids is 3. The standard InChI is InChI=1S/C13H17NO4/c1-5-18-12(17)7(2)6-14-10(15)8-9(11(14)16)13(8,3)4/h8-9H,2,5-6H2,1,3-4H3. The maximum atomic E-state index is 12.0. The monoisotopic (exact) mass is 251 g/mol. The molecule has 0 bridgehead atoms. The molecular formula is C13H17NO4. The van der Waals surface area contributed by atoms with Gasteiger partial charge in [0.05, 0.1) is 25.0 Å². The van der Waals surface area contributed by atoms with E-state index in [0.29, 0.717) is 0 Å². The van der Waals surface area contributed by atoms with E-state index in [2.05, 4.69) is 6.58 Å². The molecule has 1 saturated carbocycles. The van der Waals surface area contributed by atoms with Gasteiger partial charge < -0.3 is 4.74 Å². The van der Waals surface area contributed by atoms with Crippen LogP contribution in [0.5, 0.6) is 0 Å². The first-order chi connectivity index (χ1) is 8.32. The third kappa shape index (κ3) is 1.65. The number of carbonyl (C=O) groups is 3. The summed E-state index contributed by atoms with van der Waals surface area (Å²) >= 11 is 0. The number of ether oxygens (including phenoxy) is 1. The highest BCUT2D eigenvalue weighted by atomic mass is 16.5. The van der Waals surface area contributed by atoms with Gasteiger partial charge in [-0.05, 0) is 12.3 Å². The van der Waals surface area contributed by atoms with Crippen LogP contribution in [0.4, 0.5) is 0 Å². The number of imide groups is 1. The van der Waals surface area contributed by atoms with Crippen molar-refractivity contribution in [2.45, 2.75) is 20.8 Å². The van der Waals surface area contributed by atoms with Crippen molar-refractivity contribution in [2.75, 3.05) is 13.2 Å². The van der Waals surface area contributed by atoms with Crippen LogP contribution in [0, 0.1) is 17.3 Å². The molecule has 2 amide bonds. The van der Waals surface area contributed by atoms with Crippen LogP contribution in [0.15, 0.2) is 12.2 Å². The number of esters is 1. The minimum Gasteiger partial charge on any atom is -0.463 e. The second kappa shape index (κ2) is 3.93. The lowest BCUT2D eigenvalue weighted by molar-refractivity contribution is -0.143. The van der Waals surface area contributed by atoms with E-state index >= 15 is 0 Å². The number of amides is 2. The molecule has 18 heavy (non-hydrogen) atoms. The summed E-state index contributed by atoms with van der Waals surface area (Å²) < 4.78 is 4.78. The van der Waals surface area contributed by atoms with Crippen LogP contribution < -0.4 is 0 Å². The number of fused-ring (bicyclic) bond motifs is 1. The fraction of sp³-hybridized carbons (Fsp3) is 0.615. The SMILES string of the molecule is C=C(CN1C(=O)C2C(C1=O)C2(C)C)C(=O)OCC. The Kier molecular flexibility index (Phi) is 2.80. The van der Waals surface area contributed by atoms with Crippen molar-refractivity contribution < 1.29 is 19.1 Å². The zero-order valence-electron chi connectivity index (χ0n) is 10.9. The lowest BCUT2D eigenvalue weighted by atomic mass is 10.1. The molecule has 0 radical (unpaired) electrons. The first kappa shape index (κ1) is 12.8. The van der Waals surface area contributed by atoms with Crippen LogP contribution in [-0.4, -0.2) is 35.8 Å². The van der Waals surface area contributed by atoms with Gasteiger partial charge in [-0.25, -0.2) is 4.79 Å². The van der Waals surface area contributed by atoms with Crippen molar-refractivity contribution in [1.82, 2.24) is 4.90 Å². The molecule has 2 fully saturated rings. The molecule has 2 atom stereocenters. The van der Waals surface area contributed by atoms with Crippen molar-refractivity contribution in [3.63, 3.8) is 0 Å². The van der Waals surface area contributed by atoms with Crippen molar-refractivity contribution in [2.24, 2.45) is 17.3 Å². The Morgan fingerprint density at radius 3 is 2.28 bits per heavy atom. The summed E-state index contributed by atoms with van der Waals surface area (Å²) in [5.74, 6) is -1.39. The van der Waals surface area contributed by atoms with Crippen molar-refractivity contribution in [1.29, 1.82) is 0 Å². The Balaban J connectivity index is 2.01. The maximum absolute atomic E-state index is 12.0. The van der Waals surface area contributed by atoms with Gasteiger partial charge in [0.25, 0.3) is 0 Å². The molecule has 0 N–H and O–H groups in total. The molecule has 5 heteroatoms. The van der Waals surface area contributed by atoms with E-state index in [4.69, 9.17) is 4.74 Å². The number of hydrogen-bond donors (Lipinski definition) is 0. The second-order valence-corrected chi connectivity index (χ2v) is 5.36. The quantitative estimate of drug-likeness (QED) is 0.420. The van der Waals surface area contributed by atoms with Crippen molar-refractivity contribution >= 4 is 17.8 Å². The van der Waals surface area contributed by atoms with Gasteiger partial charge in [-0.15, -0.1) is 0 Å². The topological polar surface area (TPSA) is 63.7 Å².